The van der Waals surface area contributed by atoms with E-state index in [0.29, 0.717) is 0 Å². The Labute approximate surface area is 287 Å². The Bertz CT molecular complexity index is 3070. The molecule has 0 radical (unpaired) electrons. The first-order valence-electron chi connectivity index (χ1n) is 17.1. The third-order valence-electron chi connectivity index (χ3n) is 10.5. The average Bonchev–Trinajstić information content (AvgIpc) is 3.73. The van der Waals surface area contributed by atoms with Gasteiger partial charge in [-0.2, -0.15) is 0 Å². The van der Waals surface area contributed by atoms with Crippen LogP contribution in [0.25, 0.3) is 110 Å². The third kappa shape index (κ3) is 3.90. The second-order valence-corrected chi connectivity index (χ2v) is 13.2. The minimum atomic E-state index is 0.870. The van der Waals surface area contributed by atoms with Gasteiger partial charge >= 0.3 is 0 Å². The van der Waals surface area contributed by atoms with Gasteiger partial charge in [-0.15, -0.1) is 0 Å². The summed E-state index contributed by atoms with van der Waals surface area (Å²) in [7, 11) is 0. The molecule has 0 atom stereocenters. The van der Waals surface area contributed by atoms with Crippen molar-refractivity contribution in [2.24, 2.45) is 0 Å². The highest BCUT2D eigenvalue weighted by Crippen LogP contribution is 2.45. The van der Waals surface area contributed by atoms with Crippen molar-refractivity contribution in [2.75, 3.05) is 0 Å². The van der Waals surface area contributed by atoms with E-state index in [-0.39, 0.29) is 0 Å². The van der Waals surface area contributed by atoms with Crippen LogP contribution in [0.15, 0.2) is 179 Å². The number of rotatable bonds is 3. The van der Waals surface area contributed by atoms with E-state index >= 15 is 0 Å². The Morgan fingerprint density at radius 2 is 0.720 bits per heavy atom. The molecule has 2 heteroatoms. The van der Waals surface area contributed by atoms with Crippen LogP contribution in [-0.2, 0) is 0 Å². The van der Waals surface area contributed by atoms with Gasteiger partial charge in [0.15, 0.2) is 0 Å². The van der Waals surface area contributed by atoms with Crippen molar-refractivity contribution in [1.29, 1.82) is 0 Å². The molecule has 0 aliphatic heterocycles. The minimum absolute atomic E-state index is 0.870. The summed E-state index contributed by atoms with van der Waals surface area (Å²) in [6, 6.07) is 60.9. The lowest BCUT2D eigenvalue weighted by atomic mass is 9.85. The summed E-state index contributed by atoms with van der Waals surface area (Å²) in [6.45, 7) is 0. The quantitative estimate of drug-likeness (QED) is 0.180. The van der Waals surface area contributed by atoms with Gasteiger partial charge in [-0.25, -0.2) is 0 Å². The second kappa shape index (κ2) is 10.4. The average molecular weight is 637 g/mol. The van der Waals surface area contributed by atoms with E-state index in [0.717, 1.165) is 49.3 Å². The van der Waals surface area contributed by atoms with Gasteiger partial charge in [0.1, 0.15) is 22.3 Å². The van der Waals surface area contributed by atoms with Crippen LogP contribution >= 0.6 is 0 Å². The van der Waals surface area contributed by atoms with Crippen LogP contribution in [0.3, 0.4) is 0 Å². The lowest BCUT2D eigenvalue weighted by Gasteiger charge is -2.18. The highest BCUT2D eigenvalue weighted by Gasteiger charge is 2.19. The molecule has 2 heterocycles. The number of benzene rings is 9. The van der Waals surface area contributed by atoms with Crippen molar-refractivity contribution in [3.63, 3.8) is 0 Å². The molecule has 9 aromatic carbocycles. The molecular formula is C48H28O2. The maximum absolute atomic E-state index is 6.64. The van der Waals surface area contributed by atoms with E-state index in [2.05, 4.69) is 158 Å². The van der Waals surface area contributed by atoms with E-state index in [9.17, 15) is 0 Å². The summed E-state index contributed by atoms with van der Waals surface area (Å²) in [5.74, 6) is 0. The van der Waals surface area contributed by atoms with Crippen LogP contribution in [0, 0.1) is 0 Å². The first-order chi connectivity index (χ1) is 24.8. The Morgan fingerprint density at radius 1 is 0.260 bits per heavy atom. The van der Waals surface area contributed by atoms with Gasteiger partial charge < -0.3 is 8.83 Å². The Morgan fingerprint density at radius 3 is 1.36 bits per heavy atom. The summed E-state index contributed by atoms with van der Waals surface area (Å²) in [4.78, 5) is 0. The monoisotopic (exact) mass is 636 g/mol. The van der Waals surface area contributed by atoms with Crippen molar-refractivity contribution in [3.05, 3.63) is 170 Å². The Balaban J connectivity index is 1.12. The molecule has 0 amide bonds. The third-order valence-corrected chi connectivity index (χ3v) is 10.5. The molecule has 0 saturated heterocycles. The SMILES string of the molecule is c1ccc(-c2c3ccccc3c(-c3ccc(-c4cc5c6cc7oc8ccccc8c7cc6oc5c5ccccc45)cc3)c3ccccc23)cc1. The normalized spacial score (nSPS) is 12.0. The topological polar surface area (TPSA) is 26.3 Å². The standard InChI is InChI=1S/C48H28O2/c1-2-12-30(13-3-1)46-34-16-5-7-18-36(34)47(37-19-8-6-17-35(37)46)31-24-22-29(23-25-31)39-26-42-41-28-44-40(33-15-10-11-21-43(33)49-44)27-45(41)50-48(42)38-20-9-4-14-32(38)39/h1-28H. The fourth-order valence-electron chi connectivity index (χ4n) is 8.23. The molecule has 2 nitrogen and oxygen atoms in total. The molecule has 0 unspecified atom stereocenters. The van der Waals surface area contributed by atoms with Crippen LogP contribution < -0.4 is 0 Å². The zero-order valence-electron chi connectivity index (χ0n) is 27.0. The van der Waals surface area contributed by atoms with Gasteiger partial charge in [0.25, 0.3) is 0 Å². The summed E-state index contributed by atoms with van der Waals surface area (Å²) in [6.07, 6.45) is 0. The van der Waals surface area contributed by atoms with Crippen molar-refractivity contribution in [3.8, 4) is 33.4 Å². The summed E-state index contributed by atoms with van der Waals surface area (Å²) >= 11 is 0. The fourth-order valence-corrected chi connectivity index (χ4v) is 8.23. The molecule has 232 valence electrons. The van der Waals surface area contributed by atoms with Crippen LogP contribution in [-0.4, -0.2) is 0 Å². The highest BCUT2D eigenvalue weighted by molar-refractivity contribution is 6.23. The zero-order chi connectivity index (χ0) is 32.8. The predicted molar refractivity (Wildman–Crippen MR) is 210 cm³/mol. The summed E-state index contributed by atoms with van der Waals surface area (Å²) in [5.41, 5.74) is 10.9. The molecule has 0 spiro atoms. The zero-order valence-corrected chi connectivity index (χ0v) is 27.0. The first kappa shape index (κ1) is 27.3. The largest absolute Gasteiger partial charge is 0.456 e. The van der Waals surface area contributed by atoms with Gasteiger partial charge in [0, 0.05) is 26.9 Å². The Hall–Kier alpha value is -6.64. The molecule has 2 aromatic heterocycles. The molecule has 0 aliphatic rings. The lowest BCUT2D eigenvalue weighted by molar-refractivity contribution is 0.665. The summed E-state index contributed by atoms with van der Waals surface area (Å²) < 4.78 is 12.9. The number of hydrogen-bond donors (Lipinski definition) is 0. The number of hydrogen-bond acceptors (Lipinski definition) is 2. The van der Waals surface area contributed by atoms with Gasteiger partial charge in [-0.05, 0) is 84.6 Å². The van der Waals surface area contributed by atoms with Crippen LogP contribution in [0.2, 0.25) is 0 Å². The van der Waals surface area contributed by atoms with Crippen molar-refractivity contribution < 1.29 is 8.83 Å². The molecule has 11 aromatic rings. The van der Waals surface area contributed by atoms with Gasteiger partial charge in [0.05, 0.1) is 0 Å². The highest BCUT2D eigenvalue weighted by atomic mass is 16.3. The smallest absolute Gasteiger partial charge is 0.143 e. The number of fused-ring (bicyclic) bond motifs is 10. The Kier molecular flexibility index (Phi) is 5.70. The van der Waals surface area contributed by atoms with E-state index in [1.807, 2.05) is 12.1 Å². The molecule has 0 fully saturated rings. The molecule has 0 N–H and O–H groups in total. The maximum Gasteiger partial charge on any atom is 0.143 e. The van der Waals surface area contributed by atoms with E-state index in [1.165, 1.54) is 60.3 Å². The molecule has 0 bridgehead atoms. The number of furan rings is 2. The molecule has 0 aliphatic carbocycles. The minimum Gasteiger partial charge on any atom is -0.456 e. The van der Waals surface area contributed by atoms with Gasteiger partial charge in [-0.3, -0.25) is 0 Å². The van der Waals surface area contributed by atoms with Gasteiger partial charge in [0.2, 0.25) is 0 Å². The van der Waals surface area contributed by atoms with E-state index < -0.39 is 0 Å². The molecule has 11 rings (SSSR count). The van der Waals surface area contributed by atoms with Crippen LogP contribution in [0.5, 0.6) is 0 Å². The van der Waals surface area contributed by atoms with Gasteiger partial charge in [-0.1, -0.05) is 146 Å². The lowest BCUT2D eigenvalue weighted by Crippen LogP contribution is -1.91. The summed E-state index contributed by atoms with van der Waals surface area (Å²) in [5, 5.41) is 11.6. The van der Waals surface area contributed by atoms with Crippen molar-refractivity contribution in [2.45, 2.75) is 0 Å². The molecule has 0 saturated carbocycles. The van der Waals surface area contributed by atoms with E-state index in [4.69, 9.17) is 8.83 Å². The fraction of sp³-hybridized carbons (Fsp3) is 0. The molecular weight excluding hydrogens is 609 g/mol. The number of para-hydroxylation sites is 1. The van der Waals surface area contributed by atoms with Crippen molar-refractivity contribution in [1.82, 2.24) is 0 Å². The van der Waals surface area contributed by atoms with E-state index in [1.54, 1.807) is 0 Å². The molecule has 50 heavy (non-hydrogen) atoms. The first-order valence-corrected chi connectivity index (χ1v) is 17.1. The van der Waals surface area contributed by atoms with Crippen molar-refractivity contribution >= 4 is 76.2 Å². The van der Waals surface area contributed by atoms with Crippen LogP contribution in [0.1, 0.15) is 0 Å². The second-order valence-electron chi connectivity index (χ2n) is 13.2. The maximum atomic E-state index is 6.64. The predicted octanol–water partition coefficient (Wildman–Crippen LogP) is 13.9. The van der Waals surface area contributed by atoms with Crippen LogP contribution in [0.4, 0.5) is 0 Å².